The molecule has 15 heavy (non-hydrogen) atoms. The molecule has 0 fully saturated rings. The predicted octanol–water partition coefficient (Wildman–Crippen LogP) is 1.65. The van der Waals surface area contributed by atoms with E-state index in [4.69, 9.17) is 5.11 Å². The summed E-state index contributed by atoms with van der Waals surface area (Å²) in [6.45, 7) is 3.97. The molecule has 0 bridgehead atoms. The molecular weight excluding hydrogens is 188 g/mol. The number of rotatable bonds is 2. The Morgan fingerprint density at radius 3 is 2.87 bits per heavy atom. The maximum atomic E-state index is 9.05. The Balaban J connectivity index is 2.21. The molecule has 0 radical (unpaired) electrons. The van der Waals surface area contributed by atoms with E-state index in [2.05, 4.69) is 22.0 Å². The fourth-order valence-corrected chi connectivity index (χ4v) is 1.77. The van der Waals surface area contributed by atoms with Gasteiger partial charge in [0.2, 0.25) is 0 Å². The van der Waals surface area contributed by atoms with Gasteiger partial charge in [0.15, 0.2) is 0 Å². The van der Waals surface area contributed by atoms with Crippen LogP contribution in [-0.4, -0.2) is 23.2 Å². The molecule has 2 heterocycles. The van der Waals surface area contributed by atoms with E-state index in [-0.39, 0.29) is 6.61 Å². The summed E-state index contributed by atoms with van der Waals surface area (Å²) in [5, 5.41) is 9.05. The molecular formula is C12H16N2O. The molecule has 0 aliphatic carbocycles. The number of aliphatic hydroxyl groups is 1. The van der Waals surface area contributed by atoms with Crippen molar-refractivity contribution in [2.75, 3.05) is 18.0 Å². The number of anilines is 1. The number of hydrogen-bond acceptors (Lipinski definition) is 3. The van der Waals surface area contributed by atoms with Crippen LogP contribution in [0.3, 0.4) is 0 Å². The van der Waals surface area contributed by atoms with Gasteiger partial charge in [-0.3, -0.25) is 0 Å². The van der Waals surface area contributed by atoms with E-state index in [9.17, 15) is 0 Å². The molecule has 3 heteroatoms. The highest BCUT2D eigenvalue weighted by Crippen LogP contribution is 2.16. The topological polar surface area (TPSA) is 36.4 Å². The van der Waals surface area contributed by atoms with Crippen molar-refractivity contribution in [2.24, 2.45) is 0 Å². The molecule has 1 aliphatic heterocycles. The van der Waals surface area contributed by atoms with E-state index >= 15 is 0 Å². The molecule has 0 atom stereocenters. The minimum absolute atomic E-state index is 0.0685. The quantitative estimate of drug-likeness (QED) is 0.744. The average molecular weight is 204 g/mol. The molecule has 0 aromatic carbocycles. The minimum Gasteiger partial charge on any atom is -0.392 e. The van der Waals surface area contributed by atoms with Crippen LogP contribution >= 0.6 is 0 Å². The first-order valence-electron chi connectivity index (χ1n) is 5.28. The summed E-state index contributed by atoms with van der Waals surface area (Å²) in [5.41, 5.74) is 1.83. The second kappa shape index (κ2) is 4.45. The zero-order valence-corrected chi connectivity index (χ0v) is 8.98. The second-order valence-corrected chi connectivity index (χ2v) is 3.78. The summed E-state index contributed by atoms with van der Waals surface area (Å²) in [5.74, 6) is 1.01. The average Bonchev–Trinajstić information content (AvgIpc) is 2.30. The van der Waals surface area contributed by atoms with E-state index in [1.165, 1.54) is 0 Å². The van der Waals surface area contributed by atoms with Crippen molar-refractivity contribution >= 4 is 5.82 Å². The van der Waals surface area contributed by atoms with Gasteiger partial charge in [0.05, 0.1) is 6.61 Å². The monoisotopic (exact) mass is 204 g/mol. The van der Waals surface area contributed by atoms with Crippen LogP contribution in [-0.2, 0) is 6.61 Å². The first-order chi connectivity index (χ1) is 7.31. The van der Waals surface area contributed by atoms with Crippen molar-refractivity contribution < 1.29 is 5.11 Å². The van der Waals surface area contributed by atoms with Gasteiger partial charge in [-0.05, 0) is 25.0 Å². The van der Waals surface area contributed by atoms with Crippen LogP contribution in [0.25, 0.3) is 0 Å². The number of aryl methyl sites for hydroxylation is 1. The van der Waals surface area contributed by atoms with Crippen LogP contribution < -0.4 is 4.90 Å². The Bertz CT molecular complexity index is 374. The second-order valence-electron chi connectivity index (χ2n) is 3.78. The summed E-state index contributed by atoms with van der Waals surface area (Å²) in [4.78, 5) is 6.74. The fourth-order valence-electron chi connectivity index (χ4n) is 1.77. The number of nitrogens with zero attached hydrogens (tertiary/aromatic N) is 2. The highest BCUT2D eigenvalue weighted by molar-refractivity contribution is 5.43. The zero-order valence-electron chi connectivity index (χ0n) is 8.98. The van der Waals surface area contributed by atoms with Crippen molar-refractivity contribution in [3.05, 3.63) is 35.5 Å². The Kier molecular flexibility index (Phi) is 3.02. The van der Waals surface area contributed by atoms with Gasteiger partial charge in [0.25, 0.3) is 0 Å². The normalized spacial score (nSPS) is 15.7. The van der Waals surface area contributed by atoms with E-state index < -0.39 is 0 Å². The Morgan fingerprint density at radius 2 is 2.27 bits per heavy atom. The van der Waals surface area contributed by atoms with Crippen LogP contribution in [0.2, 0.25) is 0 Å². The van der Waals surface area contributed by atoms with E-state index in [1.54, 1.807) is 0 Å². The summed E-state index contributed by atoms with van der Waals surface area (Å²) in [7, 11) is 0. The minimum atomic E-state index is 0.0685. The largest absolute Gasteiger partial charge is 0.392 e. The first kappa shape index (κ1) is 10.2. The van der Waals surface area contributed by atoms with Crippen molar-refractivity contribution in [1.29, 1.82) is 0 Å². The third-order valence-electron chi connectivity index (χ3n) is 2.73. The zero-order chi connectivity index (χ0) is 10.7. The molecule has 0 amide bonds. The van der Waals surface area contributed by atoms with Gasteiger partial charge in [0.1, 0.15) is 5.82 Å². The van der Waals surface area contributed by atoms with Gasteiger partial charge < -0.3 is 10.0 Å². The van der Waals surface area contributed by atoms with Crippen molar-refractivity contribution in [1.82, 2.24) is 4.98 Å². The third-order valence-corrected chi connectivity index (χ3v) is 2.73. The number of aliphatic hydroxyl groups excluding tert-OH is 1. The van der Waals surface area contributed by atoms with Crippen molar-refractivity contribution in [2.45, 2.75) is 20.0 Å². The summed E-state index contributed by atoms with van der Waals surface area (Å²) in [6.07, 6.45) is 5.45. The Hall–Kier alpha value is -1.35. The number of hydrogen-bond donors (Lipinski definition) is 1. The number of pyridine rings is 1. The van der Waals surface area contributed by atoms with E-state index in [0.29, 0.717) is 0 Å². The molecule has 0 unspecified atom stereocenters. The molecule has 1 aromatic heterocycles. The smallest absolute Gasteiger partial charge is 0.129 e. The lowest BCUT2D eigenvalue weighted by molar-refractivity contribution is 0.280. The molecule has 0 saturated carbocycles. The third kappa shape index (κ3) is 2.18. The lowest BCUT2D eigenvalue weighted by Gasteiger charge is -2.24. The highest BCUT2D eigenvalue weighted by atomic mass is 16.3. The first-order valence-corrected chi connectivity index (χ1v) is 5.28. The lowest BCUT2D eigenvalue weighted by Crippen LogP contribution is -2.27. The van der Waals surface area contributed by atoms with Crippen molar-refractivity contribution in [3.8, 4) is 0 Å². The standard InChI is InChI=1S/C12H16N2O/c1-10-11(9-15)5-6-12(13-10)14-7-3-2-4-8-14/h2-3,5-6,15H,4,7-9H2,1H3. The molecule has 1 N–H and O–H groups in total. The van der Waals surface area contributed by atoms with Crippen LogP contribution in [0, 0.1) is 6.92 Å². The maximum absolute atomic E-state index is 9.05. The Morgan fingerprint density at radius 1 is 1.40 bits per heavy atom. The van der Waals surface area contributed by atoms with Gasteiger partial charge in [-0.2, -0.15) is 0 Å². The maximum Gasteiger partial charge on any atom is 0.129 e. The van der Waals surface area contributed by atoms with Crippen LogP contribution in [0.5, 0.6) is 0 Å². The van der Waals surface area contributed by atoms with E-state index in [1.807, 2.05) is 19.1 Å². The van der Waals surface area contributed by atoms with E-state index in [0.717, 1.165) is 36.6 Å². The SMILES string of the molecule is Cc1nc(N2CC=CCC2)ccc1CO. The molecule has 0 spiro atoms. The molecule has 1 aromatic rings. The van der Waals surface area contributed by atoms with Crippen molar-refractivity contribution in [3.63, 3.8) is 0 Å². The van der Waals surface area contributed by atoms with Gasteiger partial charge in [-0.25, -0.2) is 4.98 Å². The summed E-state index contributed by atoms with van der Waals surface area (Å²) in [6, 6.07) is 3.94. The van der Waals surface area contributed by atoms with Gasteiger partial charge in [0, 0.05) is 18.8 Å². The molecule has 3 nitrogen and oxygen atoms in total. The van der Waals surface area contributed by atoms with Gasteiger partial charge in [-0.15, -0.1) is 0 Å². The van der Waals surface area contributed by atoms with Crippen LogP contribution in [0.15, 0.2) is 24.3 Å². The van der Waals surface area contributed by atoms with Crippen LogP contribution in [0.4, 0.5) is 5.82 Å². The van der Waals surface area contributed by atoms with Crippen LogP contribution in [0.1, 0.15) is 17.7 Å². The van der Waals surface area contributed by atoms with Gasteiger partial charge >= 0.3 is 0 Å². The highest BCUT2D eigenvalue weighted by Gasteiger charge is 2.09. The number of aromatic nitrogens is 1. The molecule has 1 aliphatic rings. The molecule has 2 rings (SSSR count). The molecule has 80 valence electrons. The predicted molar refractivity (Wildman–Crippen MR) is 60.9 cm³/mol. The fraction of sp³-hybridized carbons (Fsp3) is 0.417. The molecule has 0 saturated heterocycles. The van der Waals surface area contributed by atoms with Gasteiger partial charge in [-0.1, -0.05) is 18.2 Å². The Labute approximate surface area is 90.1 Å². The summed E-state index contributed by atoms with van der Waals surface area (Å²) >= 11 is 0. The summed E-state index contributed by atoms with van der Waals surface area (Å²) < 4.78 is 0. The lowest BCUT2D eigenvalue weighted by atomic mass is 10.2.